The minimum Gasteiger partial charge on any atom is -0.341 e. The van der Waals surface area contributed by atoms with Crippen LogP contribution in [0.4, 0.5) is 0 Å². The van der Waals surface area contributed by atoms with E-state index in [0.717, 1.165) is 10.6 Å². The number of hydrogen-bond acceptors (Lipinski definition) is 5. The molecule has 1 heterocycles. The van der Waals surface area contributed by atoms with Crippen molar-refractivity contribution >= 4 is 25.8 Å². The quantitative estimate of drug-likeness (QED) is 0.661. The molecule has 2 unspecified atom stereocenters. The molecule has 0 N–H and O–H groups in total. The third-order valence-electron chi connectivity index (χ3n) is 3.95. The van der Waals surface area contributed by atoms with E-state index in [9.17, 15) is 21.6 Å². The molecule has 0 aliphatic carbocycles. The summed E-state index contributed by atoms with van der Waals surface area (Å²) in [6, 6.07) is -0.634. The van der Waals surface area contributed by atoms with Crippen LogP contribution < -0.4 is 0 Å². The van der Waals surface area contributed by atoms with Gasteiger partial charge in [-0.05, 0) is 19.8 Å². The van der Waals surface area contributed by atoms with E-state index in [0.29, 0.717) is 12.8 Å². The van der Waals surface area contributed by atoms with Crippen LogP contribution in [0.15, 0.2) is 0 Å². The maximum atomic E-state index is 12.2. The number of sulfonamides is 1. The lowest BCUT2D eigenvalue weighted by Crippen LogP contribution is -2.48. The third-order valence-corrected chi connectivity index (χ3v) is 7.04. The van der Waals surface area contributed by atoms with E-state index in [1.807, 2.05) is 6.92 Å². The van der Waals surface area contributed by atoms with Crippen molar-refractivity contribution in [2.24, 2.45) is 0 Å². The highest BCUT2D eigenvalue weighted by Crippen LogP contribution is 2.17. The van der Waals surface area contributed by atoms with Gasteiger partial charge in [0.1, 0.15) is 0 Å². The van der Waals surface area contributed by atoms with Gasteiger partial charge in [0, 0.05) is 19.1 Å². The van der Waals surface area contributed by atoms with Crippen LogP contribution in [0.2, 0.25) is 0 Å². The topological polar surface area (TPSA) is 91.8 Å². The average Bonchev–Trinajstić information content (AvgIpc) is 2.72. The predicted molar refractivity (Wildman–Crippen MR) is 81.1 cm³/mol. The van der Waals surface area contributed by atoms with E-state index in [1.54, 1.807) is 6.92 Å². The van der Waals surface area contributed by atoms with Crippen molar-refractivity contribution in [2.75, 3.05) is 31.4 Å². The van der Waals surface area contributed by atoms with Gasteiger partial charge in [-0.1, -0.05) is 6.92 Å². The van der Waals surface area contributed by atoms with E-state index in [-0.39, 0.29) is 36.0 Å². The predicted octanol–water partition coefficient (Wildman–Crippen LogP) is -0.308. The Balaban J connectivity index is 2.79. The zero-order valence-corrected chi connectivity index (χ0v) is 14.6. The van der Waals surface area contributed by atoms with Gasteiger partial charge in [0.05, 0.1) is 24.3 Å². The Bertz CT molecular complexity index is 585. The lowest BCUT2D eigenvalue weighted by Gasteiger charge is -2.29. The van der Waals surface area contributed by atoms with Crippen LogP contribution in [0, 0.1) is 0 Å². The molecule has 1 aliphatic heterocycles. The largest absolute Gasteiger partial charge is 0.341 e. The number of amides is 1. The van der Waals surface area contributed by atoms with Gasteiger partial charge in [0.25, 0.3) is 0 Å². The zero-order chi connectivity index (χ0) is 16.4. The van der Waals surface area contributed by atoms with Gasteiger partial charge in [0.15, 0.2) is 9.84 Å². The lowest BCUT2D eigenvalue weighted by atomic mass is 10.2. The lowest BCUT2D eigenvalue weighted by molar-refractivity contribution is -0.132. The molecule has 0 saturated carbocycles. The van der Waals surface area contributed by atoms with Gasteiger partial charge in [-0.15, -0.1) is 0 Å². The fraction of sp³-hybridized carbons (Fsp3) is 0.917. The van der Waals surface area contributed by atoms with Crippen molar-refractivity contribution in [3.05, 3.63) is 0 Å². The average molecular weight is 340 g/mol. The number of sulfone groups is 1. The number of carbonyl (C=O) groups is 1. The first-order valence-corrected chi connectivity index (χ1v) is 10.6. The zero-order valence-electron chi connectivity index (χ0n) is 12.9. The van der Waals surface area contributed by atoms with Crippen LogP contribution in [-0.2, 0) is 24.7 Å². The summed E-state index contributed by atoms with van der Waals surface area (Å²) in [6.45, 7) is 3.34. The summed E-state index contributed by atoms with van der Waals surface area (Å²) >= 11 is 0. The molecule has 1 aliphatic rings. The highest BCUT2D eigenvalue weighted by molar-refractivity contribution is 7.91. The maximum Gasteiger partial charge on any atom is 0.237 e. The molecule has 1 rings (SSSR count). The van der Waals surface area contributed by atoms with Crippen molar-refractivity contribution in [2.45, 2.75) is 38.8 Å². The van der Waals surface area contributed by atoms with Crippen LogP contribution in [0.3, 0.4) is 0 Å². The molecule has 0 radical (unpaired) electrons. The first kappa shape index (κ1) is 18.4. The van der Waals surface area contributed by atoms with E-state index < -0.39 is 19.9 Å². The molecular weight excluding hydrogens is 316 g/mol. The first-order valence-electron chi connectivity index (χ1n) is 6.91. The van der Waals surface area contributed by atoms with Crippen molar-refractivity contribution in [3.8, 4) is 0 Å². The number of hydrogen-bond donors (Lipinski definition) is 0. The van der Waals surface area contributed by atoms with Crippen LogP contribution in [-0.4, -0.2) is 75.4 Å². The van der Waals surface area contributed by atoms with E-state index in [1.165, 1.54) is 11.9 Å². The SMILES string of the molecule is CCC(C)N(CC(=O)N(C)C1CCS(=O)(=O)C1)S(C)(=O)=O. The molecule has 0 aromatic carbocycles. The highest BCUT2D eigenvalue weighted by atomic mass is 32.2. The van der Waals surface area contributed by atoms with Crippen LogP contribution in [0.25, 0.3) is 0 Å². The summed E-state index contributed by atoms with van der Waals surface area (Å²) in [4.78, 5) is 13.6. The Labute approximate surface area is 127 Å². The second kappa shape index (κ2) is 6.62. The minimum atomic E-state index is -3.48. The second-order valence-electron chi connectivity index (χ2n) is 5.63. The summed E-state index contributed by atoms with van der Waals surface area (Å²) in [5, 5.41) is 0. The molecule has 1 fully saturated rings. The van der Waals surface area contributed by atoms with Gasteiger partial charge in [-0.25, -0.2) is 16.8 Å². The number of carbonyl (C=O) groups excluding carboxylic acids is 1. The molecule has 124 valence electrons. The van der Waals surface area contributed by atoms with Crippen LogP contribution in [0.1, 0.15) is 26.7 Å². The Morgan fingerprint density at radius 3 is 2.33 bits per heavy atom. The summed E-state index contributed by atoms with van der Waals surface area (Å²) < 4.78 is 47.6. The molecule has 0 spiro atoms. The minimum absolute atomic E-state index is 0.0442. The molecule has 21 heavy (non-hydrogen) atoms. The van der Waals surface area contributed by atoms with Crippen LogP contribution >= 0.6 is 0 Å². The first-order chi connectivity index (χ1) is 9.48. The molecule has 9 heteroatoms. The van der Waals surface area contributed by atoms with Crippen molar-refractivity contribution in [1.82, 2.24) is 9.21 Å². The molecule has 1 saturated heterocycles. The van der Waals surface area contributed by atoms with E-state index in [2.05, 4.69) is 0 Å². The fourth-order valence-corrected chi connectivity index (χ4v) is 5.26. The van der Waals surface area contributed by atoms with Gasteiger partial charge in [-0.2, -0.15) is 4.31 Å². The van der Waals surface area contributed by atoms with Gasteiger partial charge in [0.2, 0.25) is 15.9 Å². The summed E-state index contributed by atoms with van der Waals surface area (Å²) in [5.74, 6) is -0.337. The Morgan fingerprint density at radius 1 is 1.38 bits per heavy atom. The Morgan fingerprint density at radius 2 is 1.95 bits per heavy atom. The van der Waals surface area contributed by atoms with Crippen LogP contribution in [0.5, 0.6) is 0 Å². The van der Waals surface area contributed by atoms with Crippen molar-refractivity contribution < 1.29 is 21.6 Å². The molecule has 2 atom stereocenters. The summed E-state index contributed by atoms with van der Waals surface area (Å²) in [5.41, 5.74) is 0. The molecule has 0 aromatic rings. The smallest absolute Gasteiger partial charge is 0.237 e. The Hall–Kier alpha value is -0.670. The fourth-order valence-electron chi connectivity index (χ4n) is 2.33. The van der Waals surface area contributed by atoms with E-state index >= 15 is 0 Å². The monoisotopic (exact) mass is 340 g/mol. The Kier molecular flexibility index (Phi) is 5.79. The number of rotatable bonds is 6. The number of likely N-dealkylation sites (N-methyl/N-ethyl adjacent to an activating group) is 1. The van der Waals surface area contributed by atoms with Crippen molar-refractivity contribution in [1.29, 1.82) is 0 Å². The summed E-state index contributed by atoms with van der Waals surface area (Å²) in [7, 11) is -5.03. The highest BCUT2D eigenvalue weighted by Gasteiger charge is 2.34. The standard InChI is InChI=1S/C12H24N2O5S2/c1-5-10(2)14(20(4,16)17)8-12(15)13(3)11-6-7-21(18,19)9-11/h10-11H,5-9H2,1-4H3. The third kappa shape index (κ3) is 4.93. The van der Waals surface area contributed by atoms with Gasteiger partial charge < -0.3 is 4.90 Å². The van der Waals surface area contributed by atoms with Crippen molar-refractivity contribution in [3.63, 3.8) is 0 Å². The molecule has 7 nitrogen and oxygen atoms in total. The maximum absolute atomic E-state index is 12.2. The second-order valence-corrected chi connectivity index (χ2v) is 9.79. The molecule has 1 amide bonds. The normalized spacial score (nSPS) is 23.2. The van der Waals surface area contributed by atoms with Gasteiger partial charge in [-0.3, -0.25) is 4.79 Å². The van der Waals surface area contributed by atoms with Gasteiger partial charge >= 0.3 is 0 Å². The molecule has 0 aromatic heterocycles. The van der Waals surface area contributed by atoms with E-state index in [4.69, 9.17) is 0 Å². The number of nitrogens with zero attached hydrogens (tertiary/aromatic N) is 2. The molecule has 0 bridgehead atoms. The molecular formula is C12H24N2O5S2. The summed E-state index contributed by atoms with van der Waals surface area (Å²) in [6.07, 6.45) is 2.08.